The van der Waals surface area contributed by atoms with Crippen molar-refractivity contribution in [2.45, 2.75) is 77.0 Å². The van der Waals surface area contributed by atoms with Crippen LogP contribution in [0.5, 0.6) is 11.5 Å². The Morgan fingerprint density at radius 3 is 2.61 bits per heavy atom. The number of carbonyl (C=O) groups is 1. The fourth-order valence-electron chi connectivity index (χ4n) is 7.27. The number of hydrogen-bond donors (Lipinski definition) is 4. The SMILES string of the molecule is Cc1ccccc1C1=CC=CC(COc2cc(OCc3cccc(C#N)c3)c(CNC(C(=O)O)C(C)O)cc2[N+](=O)[O-])(c2nnc(CN3CCC(O)CC3)o2)C1C. The molecule has 0 saturated carbocycles. The van der Waals surface area contributed by atoms with Crippen molar-refractivity contribution in [3.8, 4) is 17.6 Å². The van der Waals surface area contributed by atoms with Gasteiger partial charge in [0, 0.05) is 43.2 Å². The van der Waals surface area contributed by atoms with Gasteiger partial charge in [-0.25, -0.2) is 0 Å². The largest absolute Gasteiger partial charge is 0.488 e. The van der Waals surface area contributed by atoms with E-state index >= 15 is 0 Å². The van der Waals surface area contributed by atoms with Gasteiger partial charge in [-0.15, -0.1) is 10.2 Å². The van der Waals surface area contributed by atoms with Crippen molar-refractivity contribution < 1.29 is 38.9 Å². The van der Waals surface area contributed by atoms with Crippen molar-refractivity contribution in [3.63, 3.8) is 0 Å². The first-order chi connectivity index (χ1) is 27.4. The van der Waals surface area contributed by atoms with Crippen LogP contribution in [0.4, 0.5) is 5.69 Å². The highest BCUT2D eigenvalue weighted by molar-refractivity contribution is 5.75. The molecule has 57 heavy (non-hydrogen) atoms. The van der Waals surface area contributed by atoms with Gasteiger partial charge in [0.25, 0.3) is 0 Å². The Labute approximate surface area is 330 Å². The summed E-state index contributed by atoms with van der Waals surface area (Å²) in [6.07, 6.45) is 5.54. The molecule has 1 aliphatic carbocycles. The Morgan fingerprint density at radius 2 is 1.91 bits per heavy atom. The summed E-state index contributed by atoms with van der Waals surface area (Å²) in [7, 11) is 0. The molecular weight excluding hydrogens is 732 g/mol. The lowest BCUT2D eigenvalue weighted by Crippen LogP contribution is -2.44. The maximum Gasteiger partial charge on any atom is 0.323 e. The summed E-state index contributed by atoms with van der Waals surface area (Å²) in [6, 6.07) is 18.2. The zero-order valence-electron chi connectivity index (χ0n) is 32.0. The lowest BCUT2D eigenvalue weighted by atomic mass is 9.68. The number of nitrogens with one attached hydrogen (secondary N) is 1. The van der Waals surface area contributed by atoms with E-state index in [0.717, 1.165) is 16.7 Å². The summed E-state index contributed by atoms with van der Waals surface area (Å²) < 4.78 is 19.1. The molecule has 2 heterocycles. The summed E-state index contributed by atoms with van der Waals surface area (Å²) in [4.78, 5) is 26.1. The monoisotopic (exact) mass is 778 g/mol. The topological polar surface area (TPSA) is 217 Å². The predicted molar refractivity (Wildman–Crippen MR) is 208 cm³/mol. The second-order valence-electron chi connectivity index (χ2n) is 14.6. The molecule has 15 nitrogen and oxygen atoms in total. The number of allylic oxidation sites excluding steroid dienone is 3. The molecule has 0 radical (unpaired) electrons. The van der Waals surface area contributed by atoms with Crippen molar-refractivity contribution in [3.05, 3.63) is 129 Å². The number of aryl methyl sites for hydroxylation is 1. The normalized spacial score (nSPS) is 19.6. The zero-order chi connectivity index (χ0) is 40.7. The Hall–Kier alpha value is -5.92. The van der Waals surface area contributed by atoms with Crippen LogP contribution < -0.4 is 14.8 Å². The fourth-order valence-corrected chi connectivity index (χ4v) is 7.27. The molecule has 3 aromatic carbocycles. The van der Waals surface area contributed by atoms with Gasteiger partial charge in [0.05, 0.1) is 35.3 Å². The number of nitrogens with zero attached hydrogens (tertiary/aromatic N) is 5. The van der Waals surface area contributed by atoms with Crippen LogP contribution in [0.25, 0.3) is 5.57 Å². The second-order valence-corrected chi connectivity index (χ2v) is 14.6. The Morgan fingerprint density at radius 1 is 1.14 bits per heavy atom. The van der Waals surface area contributed by atoms with Gasteiger partial charge in [-0.1, -0.05) is 61.5 Å². The lowest BCUT2D eigenvalue weighted by molar-refractivity contribution is -0.386. The number of likely N-dealkylation sites (tertiary alicyclic amines) is 1. The number of piperidine rings is 1. The maximum atomic E-state index is 12.7. The van der Waals surface area contributed by atoms with Crippen LogP contribution in [0.2, 0.25) is 0 Å². The van der Waals surface area contributed by atoms with Crippen molar-refractivity contribution in [2.24, 2.45) is 5.92 Å². The molecule has 6 rings (SSSR count). The standard InChI is InChI=1S/C42H46N6O9/c1-26-8-4-5-11-33(26)34-12-7-15-42(27(34)2,41-46-45-38(57-41)23-47-16-13-32(50)14-17-47)25-56-37-20-36(55-24-30-10-6-9-29(18-30)21-43)31(19-35(37)48(53)54)22-44-39(28(3)49)40(51)52/h4-12,15,18-20,27-28,32,39,44,49-50H,13-14,16-17,22-25H2,1-3H3,(H,51,52). The fraction of sp³-hybridized carbons (Fsp3) is 0.381. The minimum absolute atomic E-state index is 0.0203. The minimum Gasteiger partial charge on any atom is -0.488 e. The molecule has 15 heteroatoms. The van der Waals surface area contributed by atoms with Crippen LogP contribution in [0, 0.1) is 34.3 Å². The van der Waals surface area contributed by atoms with Gasteiger partial charge in [0.1, 0.15) is 30.4 Å². The molecule has 4 N–H and O–H groups in total. The van der Waals surface area contributed by atoms with Gasteiger partial charge in [-0.3, -0.25) is 25.1 Å². The van der Waals surface area contributed by atoms with Crippen molar-refractivity contribution in [1.29, 1.82) is 5.26 Å². The molecule has 2 aliphatic rings. The first-order valence-corrected chi connectivity index (χ1v) is 18.8. The number of rotatable bonds is 16. The molecule has 0 spiro atoms. The summed E-state index contributed by atoms with van der Waals surface area (Å²) in [5.74, 6) is -0.909. The number of carboxylic acid groups (broad SMARTS) is 1. The second kappa shape index (κ2) is 17.9. The molecule has 4 atom stereocenters. The lowest BCUT2D eigenvalue weighted by Gasteiger charge is -2.37. The smallest absolute Gasteiger partial charge is 0.323 e. The average Bonchev–Trinajstić information content (AvgIpc) is 3.67. The molecule has 1 saturated heterocycles. The molecule has 1 fully saturated rings. The Bertz CT molecular complexity index is 2190. The van der Waals surface area contributed by atoms with Crippen molar-refractivity contribution in [2.75, 3.05) is 19.7 Å². The van der Waals surface area contributed by atoms with E-state index in [1.807, 2.05) is 56.3 Å². The van der Waals surface area contributed by atoms with Gasteiger partial charge in [-0.2, -0.15) is 5.26 Å². The first kappa shape index (κ1) is 40.7. The number of aliphatic carboxylic acids is 1. The average molecular weight is 779 g/mol. The first-order valence-electron chi connectivity index (χ1n) is 18.8. The highest BCUT2D eigenvalue weighted by Crippen LogP contribution is 2.46. The van der Waals surface area contributed by atoms with E-state index in [1.165, 1.54) is 19.1 Å². The third kappa shape index (κ3) is 9.38. The molecule has 4 unspecified atom stereocenters. The molecule has 298 valence electrons. The molecule has 4 aromatic rings. The van der Waals surface area contributed by atoms with Gasteiger partial charge in [0.2, 0.25) is 17.5 Å². The van der Waals surface area contributed by atoms with Gasteiger partial charge in [-0.05, 0) is 61.1 Å². The molecular formula is C42H46N6O9. The van der Waals surface area contributed by atoms with Crippen LogP contribution in [-0.4, -0.2) is 79.3 Å². The zero-order valence-corrected chi connectivity index (χ0v) is 32.0. The molecule has 1 aliphatic heterocycles. The maximum absolute atomic E-state index is 12.7. The van der Waals surface area contributed by atoms with Crippen LogP contribution in [0.1, 0.15) is 66.3 Å². The number of nitro benzene ring substituents is 1. The Kier molecular flexibility index (Phi) is 12.8. The highest BCUT2D eigenvalue weighted by atomic mass is 16.6. The number of nitro groups is 1. The number of hydrogen-bond acceptors (Lipinski definition) is 13. The van der Waals surface area contributed by atoms with Gasteiger partial charge in [0.15, 0.2) is 0 Å². The van der Waals surface area contributed by atoms with E-state index in [2.05, 4.69) is 26.5 Å². The van der Waals surface area contributed by atoms with Gasteiger partial charge < -0.3 is 29.2 Å². The van der Waals surface area contributed by atoms with E-state index in [4.69, 9.17) is 13.9 Å². The van der Waals surface area contributed by atoms with Crippen LogP contribution in [0.3, 0.4) is 0 Å². The summed E-state index contributed by atoms with van der Waals surface area (Å²) in [5.41, 5.74) is 2.89. The third-order valence-corrected chi connectivity index (χ3v) is 10.7. The summed E-state index contributed by atoms with van der Waals surface area (Å²) in [5, 5.41) is 63.5. The minimum atomic E-state index is -1.36. The molecule has 0 bridgehead atoms. The Balaban J connectivity index is 1.37. The predicted octanol–water partition coefficient (Wildman–Crippen LogP) is 5.22. The van der Waals surface area contributed by atoms with E-state index < -0.39 is 34.1 Å². The number of benzene rings is 3. The van der Waals surface area contributed by atoms with Crippen molar-refractivity contribution in [1.82, 2.24) is 20.4 Å². The number of aromatic nitrogens is 2. The van der Waals surface area contributed by atoms with E-state index in [0.29, 0.717) is 49.5 Å². The van der Waals surface area contributed by atoms with E-state index in [-0.39, 0.29) is 54.7 Å². The molecule has 0 amide bonds. The number of ether oxygens (including phenoxy) is 2. The van der Waals surface area contributed by atoms with Crippen LogP contribution in [0.15, 0.2) is 83.3 Å². The summed E-state index contributed by atoms with van der Waals surface area (Å²) in [6.45, 7) is 6.76. The number of nitriles is 1. The molecule has 1 aromatic heterocycles. The third-order valence-electron chi connectivity index (χ3n) is 10.7. The van der Waals surface area contributed by atoms with E-state index in [9.17, 15) is 35.5 Å². The summed E-state index contributed by atoms with van der Waals surface area (Å²) >= 11 is 0. The van der Waals surface area contributed by atoms with Crippen molar-refractivity contribution >= 4 is 17.2 Å². The number of aliphatic hydroxyl groups is 2. The van der Waals surface area contributed by atoms with Gasteiger partial charge >= 0.3 is 11.7 Å². The number of aliphatic hydroxyl groups excluding tert-OH is 2. The van der Waals surface area contributed by atoms with Crippen LogP contribution in [-0.2, 0) is 29.9 Å². The van der Waals surface area contributed by atoms with E-state index in [1.54, 1.807) is 24.3 Å². The quantitative estimate of drug-likeness (QED) is 0.0847. The van der Waals surface area contributed by atoms with Crippen LogP contribution >= 0.6 is 0 Å². The number of carboxylic acids is 1. The highest BCUT2D eigenvalue weighted by Gasteiger charge is 2.46.